The van der Waals surface area contributed by atoms with Gasteiger partial charge in [0, 0.05) is 33.1 Å². The van der Waals surface area contributed by atoms with Crippen LogP contribution in [0.4, 0.5) is 11.4 Å². The molecule has 2 aliphatic heterocycles. The van der Waals surface area contributed by atoms with Gasteiger partial charge in [-0.05, 0) is 86.8 Å². The van der Waals surface area contributed by atoms with Crippen LogP contribution < -0.4 is 4.90 Å². The third-order valence-electron chi connectivity index (χ3n) is 13.1. The van der Waals surface area contributed by atoms with Crippen molar-refractivity contribution in [2.75, 3.05) is 4.90 Å². The minimum Gasteiger partial charge on any atom is -0.332 e. The maximum absolute atomic E-state index is 2.67. The first-order valence-corrected chi connectivity index (χ1v) is 19.3. The fraction of sp³-hybridized carbons (Fsp3) is 0.115. The summed E-state index contributed by atoms with van der Waals surface area (Å²) in [6, 6.07) is 59.9. The molecular formula is C52H38N2. The highest BCUT2D eigenvalue weighted by atomic mass is 15.2. The number of benzene rings is 7. The van der Waals surface area contributed by atoms with E-state index in [1.165, 1.54) is 94.5 Å². The smallest absolute Gasteiger partial charge is 0.0748 e. The van der Waals surface area contributed by atoms with Gasteiger partial charge in [-0.1, -0.05) is 159 Å². The van der Waals surface area contributed by atoms with Crippen molar-refractivity contribution in [2.24, 2.45) is 0 Å². The van der Waals surface area contributed by atoms with Gasteiger partial charge in [-0.15, -0.1) is 0 Å². The molecule has 4 aliphatic rings. The van der Waals surface area contributed by atoms with Crippen LogP contribution in [0.5, 0.6) is 0 Å². The van der Waals surface area contributed by atoms with Crippen molar-refractivity contribution in [3.8, 4) is 16.8 Å². The minimum absolute atomic E-state index is 0.265. The van der Waals surface area contributed by atoms with Crippen molar-refractivity contribution in [1.29, 1.82) is 0 Å². The first kappa shape index (κ1) is 30.1. The van der Waals surface area contributed by atoms with E-state index in [1.807, 2.05) is 0 Å². The van der Waals surface area contributed by atoms with Gasteiger partial charge < -0.3 is 9.47 Å². The largest absolute Gasteiger partial charge is 0.332 e. The molecule has 3 heterocycles. The highest BCUT2D eigenvalue weighted by Gasteiger charge is 2.56. The minimum atomic E-state index is -0.500. The van der Waals surface area contributed by atoms with Gasteiger partial charge >= 0.3 is 0 Å². The normalized spacial score (nSPS) is 19.6. The Bertz CT molecular complexity index is 2960. The summed E-state index contributed by atoms with van der Waals surface area (Å²) in [6.07, 6.45) is 7.94. The molecule has 2 unspecified atom stereocenters. The summed E-state index contributed by atoms with van der Waals surface area (Å²) in [6.45, 7) is 4.89. The number of aromatic nitrogens is 1. The SMILES string of the molecule is CC1(C)c2ccccc2C2(c3ccccc3N3c4c(cccc42)C2=CC=CCC23)c2cccc(-c3ccc4c5ccccc5n(-c5ccccc5)c4c3)c21. The second kappa shape index (κ2) is 10.6. The molecule has 2 aliphatic carbocycles. The Morgan fingerprint density at radius 3 is 2.11 bits per heavy atom. The predicted molar refractivity (Wildman–Crippen MR) is 224 cm³/mol. The molecule has 8 aromatic rings. The van der Waals surface area contributed by atoms with E-state index in [2.05, 4.69) is 199 Å². The molecule has 0 saturated heterocycles. The molecule has 1 spiro atoms. The molecule has 2 nitrogen and oxygen atoms in total. The Morgan fingerprint density at radius 2 is 1.24 bits per heavy atom. The Hall–Kier alpha value is -6.38. The van der Waals surface area contributed by atoms with Gasteiger partial charge in [0.1, 0.15) is 0 Å². The van der Waals surface area contributed by atoms with Gasteiger partial charge in [-0.25, -0.2) is 0 Å². The molecule has 0 fully saturated rings. The third kappa shape index (κ3) is 3.61. The van der Waals surface area contributed by atoms with Crippen molar-refractivity contribution in [1.82, 2.24) is 4.57 Å². The van der Waals surface area contributed by atoms with Crippen molar-refractivity contribution in [3.63, 3.8) is 0 Å². The summed E-state index contributed by atoms with van der Waals surface area (Å²) < 4.78 is 2.44. The van der Waals surface area contributed by atoms with Crippen LogP contribution >= 0.6 is 0 Å². The first-order valence-electron chi connectivity index (χ1n) is 19.3. The number of hydrogen-bond donors (Lipinski definition) is 0. The zero-order valence-electron chi connectivity index (χ0n) is 30.4. The Morgan fingerprint density at radius 1 is 0.556 bits per heavy atom. The molecule has 0 saturated carbocycles. The average molecular weight is 691 g/mol. The molecule has 54 heavy (non-hydrogen) atoms. The molecule has 0 bridgehead atoms. The van der Waals surface area contributed by atoms with Crippen molar-refractivity contribution in [3.05, 3.63) is 215 Å². The molecule has 256 valence electrons. The van der Waals surface area contributed by atoms with Crippen LogP contribution in [0.2, 0.25) is 0 Å². The van der Waals surface area contributed by atoms with Gasteiger partial charge in [0.25, 0.3) is 0 Å². The summed E-state index contributed by atoms with van der Waals surface area (Å²) >= 11 is 0. The number of fused-ring (bicyclic) bond motifs is 14. The van der Waals surface area contributed by atoms with E-state index in [4.69, 9.17) is 0 Å². The van der Waals surface area contributed by atoms with Crippen molar-refractivity contribution in [2.45, 2.75) is 37.1 Å². The van der Waals surface area contributed by atoms with Crippen LogP contribution in [0.3, 0.4) is 0 Å². The highest BCUT2D eigenvalue weighted by Crippen LogP contribution is 2.66. The zero-order chi connectivity index (χ0) is 35.8. The fourth-order valence-electron chi connectivity index (χ4n) is 11.0. The molecule has 1 aromatic heterocycles. The predicted octanol–water partition coefficient (Wildman–Crippen LogP) is 12.6. The lowest BCUT2D eigenvalue weighted by molar-refractivity contribution is 0.556. The lowest BCUT2D eigenvalue weighted by Crippen LogP contribution is -2.46. The molecular weight excluding hydrogens is 653 g/mol. The number of para-hydroxylation sites is 4. The van der Waals surface area contributed by atoms with Gasteiger partial charge in [0.2, 0.25) is 0 Å². The number of allylic oxidation sites excluding steroid dienone is 2. The molecule has 0 radical (unpaired) electrons. The summed E-state index contributed by atoms with van der Waals surface area (Å²) in [4.78, 5) is 2.67. The molecule has 0 amide bonds. The molecule has 0 N–H and O–H groups in total. The van der Waals surface area contributed by atoms with Gasteiger partial charge in [0.05, 0.1) is 28.2 Å². The van der Waals surface area contributed by atoms with E-state index in [-0.39, 0.29) is 5.41 Å². The van der Waals surface area contributed by atoms with E-state index in [0.29, 0.717) is 6.04 Å². The highest BCUT2D eigenvalue weighted by molar-refractivity contribution is 6.10. The van der Waals surface area contributed by atoms with Gasteiger partial charge in [-0.2, -0.15) is 0 Å². The summed E-state index contributed by atoms with van der Waals surface area (Å²) in [5, 5.41) is 2.55. The second-order valence-corrected chi connectivity index (χ2v) is 16.0. The summed E-state index contributed by atoms with van der Waals surface area (Å²) in [7, 11) is 0. The van der Waals surface area contributed by atoms with E-state index in [0.717, 1.165) is 6.42 Å². The number of anilines is 2. The molecule has 7 aromatic carbocycles. The summed E-state index contributed by atoms with van der Waals surface area (Å²) in [5.74, 6) is 0. The maximum atomic E-state index is 2.67. The van der Waals surface area contributed by atoms with Gasteiger partial charge in [-0.3, -0.25) is 0 Å². The van der Waals surface area contributed by atoms with Crippen LogP contribution in [0.25, 0.3) is 44.2 Å². The van der Waals surface area contributed by atoms with Gasteiger partial charge in [0.15, 0.2) is 0 Å². The topological polar surface area (TPSA) is 8.17 Å². The third-order valence-corrected chi connectivity index (χ3v) is 13.1. The van der Waals surface area contributed by atoms with E-state index in [1.54, 1.807) is 0 Å². The second-order valence-electron chi connectivity index (χ2n) is 16.0. The van der Waals surface area contributed by atoms with E-state index >= 15 is 0 Å². The van der Waals surface area contributed by atoms with Crippen molar-refractivity contribution < 1.29 is 0 Å². The fourth-order valence-corrected chi connectivity index (χ4v) is 11.0. The Kier molecular flexibility index (Phi) is 5.92. The van der Waals surface area contributed by atoms with Crippen LogP contribution in [-0.2, 0) is 10.8 Å². The van der Waals surface area contributed by atoms with E-state index in [9.17, 15) is 0 Å². The monoisotopic (exact) mass is 690 g/mol. The van der Waals surface area contributed by atoms with Crippen LogP contribution in [0.1, 0.15) is 59.2 Å². The standard InChI is InChI=1S/C52H38N2/c1-51(2)40-22-8-9-23-41(40)52(42-24-10-13-29-47(42)54-46-28-12-7-19-37(46)39-21-15-26-44(52)50(39)54)43-25-14-20-35(49(43)51)33-30-31-38-36-18-6-11-27-45(36)53(48(38)32-33)34-16-4-3-5-17-34/h3-27,29-32,46H,28H2,1-2H3. The van der Waals surface area contributed by atoms with Crippen molar-refractivity contribution >= 4 is 38.8 Å². The Labute approximate surface area is 316 Å². The van der Waals surface area contributed by atoms with Crippen LogP contribution in [-0.4, -0.2) is 10.6 Å². The number of rotatable bonds is 2. The van der Waals surface area contributed by atoms with Crippen LogP contribution in [0.15, 0.2) is 176 Å². The molecule has 12 rings (SSSR count). The lowest BCUT2D eigenvalue weighted by atomic mass is 9.52. The average Bonchev–Trinajstić information content (AvgIpc) is 3.74. The summed E-state index contributed by atoms with van der Waals surface area (Å²) in [5.41, 5.74) is 19.2. The quantitative estimate of drug-likeness (QED) is 0.175. The lowest BCUT2D eigenvalue weighted by Gasteiger charge is -2.52. The molecule has 2 atom stereocenters. The number of hydrogen-bond acceptors (Lipinski definition) is 1. The number of nitrogens with zero attached hydrogens (tertiary/aromatic N) is 2. The molecule has 2 heteroatoms. The first-order chi connectivity index (χ1) is 26.6. The van der Waals surface area contributed by atoms with Crippen LogP contribution in [0, 0.1) is 0 Å². The maximum Gasteiger partial charge on any atom is 0.0748 e. The van der Waals surface area contributed by atoms with E-state index < -0.39 is 5.41 Å². The Balaban J connectivity index is 1.20. The zero-order valence-corrected chi connectivity index (χ0v) is 30.4.